The number of hydrogen-bond acceptors (Lipinski definition) is 7. The number of ether oxygens (including phenoxy) is 2. The molecule has 4 rings (SSSR count). The Morgan fingerprint density at radius 2 is 1.41 bits per heavy atom. The van der Waals surface area contributed by atoms with Crippen molar-refractivity contribution in [3.05, 3.63) is 94.2 Å². The maximum Gasteiger partial charge on any atom is 0.286 e. The first-order chi connectivity index (χ1) is 16.5. The minimum atomic E-state index is -0.442. The summed E-state index contributed by atoms with van der Waals surface area (Å²) in [6.45, 7) is 0.110. The van der Waals surface area contributed by atoms with Crippen LogP contribution in [0.2, 0.25) is 0 Å². The molecule has 3 aromatic carbocycles. The fourth-order valence-corrected chi connectivity index (χ4v) is 3.49. The van der Waals surface area contributed by atoms with Crippen LogP contribution < -0.4 is 20.1 Å². The fraction of sp³-hybridized carbons (Fsp3) is 0.0833. The second-order valence-electron chi connectivity index (χ2n) is 6.96. The van der Waals surface area contributed by atoms with Crippen LogP contribution in [0.4, 0.5) is 15.8 Å². The minimum absolute atomic E-state index is 0.110. The van der Waals surface area contributed by atoms with Gasteiger partial charge in [0.15, 0.2) is 5.01 Å². The number of methoxy groups -OCH3 is 1. The van der Waals surface area contributed by atoms with Gasteiger partial charge in [-0.05, 0) is 72.8 Å². The molecule has 2 amide bonds. The van der Waals surface area contributed by atoms with E-state index in [1.54, 1.807) is 55.6 Å². The van der Waals surface area contributed by atoms with Crippen LogP contribution in [0.1, 0.15) is 25.2 Å². The average Bonchev–Trinajstić information content (AvgIpc) is 3.34. The van der Waals surface area contributed by atoms with Crippen molar-refractivity contribution in [1.82, 2.24) is 10.2 Å². The SMILES string of the molecule is COc1ccc(NC(=O)c2ccc(OCc3nnc(C(=O)Nc4ccc(F)cc4)s3)cc2)cc1. The highest BCUT2D eigenvalue weighted by molar-refractivity contribution is 7.13. The zero-order valence-corrected chi connectivity index (χ0v) is 18.8. The molecule has 10 heteroatoms. The molecule has 0 saturated carbocycles. The zero-order chi connectivity index (χ0) is 23.9. The van der Waals surface area contributed by atoms with Crippen molar-refractivity contribution in [3.63, 3.8) is 0 Å². The first-order valence-electron chi connectivity index (χ1n) is 10.1. The van der Waals surface area contributed by atoms with E-state index in [9.17, 15) is 14.0 Å². The van der Waals surface area contributed by atoms with Crippen molar-refractivity contribution in [3.8, 4) is 11.5 Å². The molecule has 0 unspecified atom stereocenters. The normalized spacial score (nSPS) is 10.4. The number of aromatic nitrogens is 2. The summed E-state index contributed by atoms with van der Waals surface area (Å²) >= 11 is 1.09. The quantitative estimate of drug-likeness (QED) is 0.378. The molecule has 0 aliphatic heterocycles. The van der Waals surface area contributed by atoms with E-state index < -0.39 is 5.91 Å². The van der Waals surface area contributed by atoms with Crippen LogP contribution in [-0.2, 0) is 6.61 Å². The lowest BCUT2D eigenvalue weighted by Crippen LogP contribution is -2.11. The van der Waals surface area contributed by atoms with Crippen LogP contribution in [0.15, 0.2) is 72.8 Å². The van der Waals surface area contributed by atoms with E-state index in [4.69, 9.17) is 9.47 Å². The minimum Gasteiger partial charge on any atom is -0.497 e. The molecule has 0 fully saturated rings. The summed E-state index contributed by atoms with van der Waals surface area (Å²) in [6, 6.07) is 19.1. The predicted molar refractivity (Wildman–Crippen MR) is 126 cm³/mol. The van der Waals surface area contributed by atoms with E-state index in [-0.39, 0.29) is 23.3 Å². The van der Waals surface area contributed by atoms with Gasteiger partial charge in [-0.3, -0.25) is 9.59 Å². The van der Waals surface area contributed by atoms with Crippen molar-refractivity contribution in [2.24, 2.45) is 0 Å². The molecule has 0 saturated heterocycles. The molecule has 0 atom stereocenters. The summed E-state index contributed by atoms with van der Waals surface area (Å²) in [5.74, 6) is 0.156. The van der Waals surface area contributed by atoms with Crippen LogP contribution in [-0.4, -0.2) is 29.1 Å². The van der Waals surface area contributed by atoms with Gasteiger partial charge in [0.2, 0.25) is 5.01 Å². The Balaban J connectivity index is 1.29. The second-order valence-corrected chi connectivity index (χ2v) is 8.02. The molecule has 2 N–H and O–H groups in total. The highest BCUT2D eigenvalue weighted by Crippen LogP contribution is 2.19. The molecular formula is C24H19FN4O4S. The Kier molecular flexibility index (Phi) is 7.09. The Morgan fingerprint density at radius 3 is 2.06 bits per heavy atom. The number of hydrogen-bond donors (Lipinski definition) is 2. The summed E-state index contributed by atoms with van der Waals surface area (Å²) in [4.78, 5) is 24.7. The molecule has 8 nitrogen and oxygen atoms in total. The third kappa shape index (κ3) is 5.93. The van der Waals surface area contributed by atoms with Gasteiger partial charge in [0, 0.05) is 16.9 Å². The van der Waals surface area contributed by atoms with E-state index in [1.165, 1.54) is 24.3 Å². The molecule has 1 heterocycles. The lowest BCUT2D eigenvalue weighted by Gasteiger charge is -2.08. The van der Waals surface area contributed by atoms with Gasteiger partial charge >= 0.3 is 0 Å². The lowest BCUT2D eigenvalue weighted by atomic mass is 10.2. The number of carbonyl (C=O) groups excluding carboxylic acids is 2. The standard InChI is InChI=1S/C24H19FN4O4S/c1-32-19-12-8-18(9-13-19)26-22(30)15-2-10-20(11-3-15)33-14-21-28-29-24(34-21)23(31)27-17-6-4-16(25)5-7-17/h2-13H,14H2,1H3,(H,26,30)(H,27,31). The second kappa shape index (κ2) is 10.5. The number of benzene rings is 3. The van der Waals surface area contributed by atoms with Crippen LogP contribution in [0.25, 0.3) is 0 Å². The summed E-state index contributed by atoms with van der Waals surface area (Å²) in [5.41, 5.74) is 1.58. The maximum atomic E-state index is 13.0. The zero-order valence-electron chi connectivity index (χ0n) is 17.9. The Bertz CT molecular complexity index is 1280. The van der Waals surface area contributed by atoms with Crippen molar-refractivity contribution in [2.45, 2.75) is 6.61 Å². The monoisotopic (exact) mass is 478 g/mol. The smallest absolute Gasteiger partial charge is 0.286 e. The fourth-order valence-electron chi connectivity index (χ4n) is 2.85. The Labute approximate surface area is 198 Å². The van der Waals surface area contributed by atoms with E-state index >= 15 is 0 Å². The molecule has 172 valence electrons. The number of rotatable bonds is 8. The van der Waals surface area contributed by atoms with E-state index in [2.05, 4.69) is 20.8 Å². The number of anilines is 2. The number of amides is 2. The maximum absolute atomic E-state index is 13.0. The van der Waals surface area contributed by atoms with Gasteiger partial charge in [0.05, 0.1) is 7.11 Å². The van der Waals surface area contributed by atoms with Gasteiger partial charge < -0.3 is 20.1 Å². The highest BCUT2D eigenvalue weighted by atomic mass is 32.1. The predicted octanol–water partition coefficient (Wildman–Crippen LogP) is 4.77. The lowest BCUT2D eigenvalue weighted by molar-refractivity contribution is 0.101. The van der Waals surface area contributed by atoms with Crippen LogP contribution in [0.5, 0.6) is 11.5 Å². The number of nitrogens with one attached hydrogen (secondary N) is 2. The Morgan fingerprint density at radius 1 is 0.824 bits per heavy atom. The summed E-state index contributed by atoms with van der Waals surface area (Å²) in [7, 11) is 1.58. The summed E-state index contributed by atoms with van der Waals surface area (Å²) in [5, 5.41) is 13.9. The van der Waals surface area contributed by atoms with E-state index in [0.29, 0.717) is 33.4 Å². The highest BCUT2D eigenvalue weighted by Gasteiger charge is 2.14. The summed E-state index contributed by atoms with van der Waals surface area (Å²) in [6.07, 6.45) is 0. The van der Waals surface area contributed by atoms with Crippen LogP contribution in [0, 0.1) is 5.82 Å². The number of nitrogens with zero attached hydrogens (tertiary/aromatic N) is 2. The third-order valence-corrected chi connectivity index (χ3v) is 5.49. The molecule has 0 radical (unpaired) electrons. The molecule has 4 aromatic rings. The molecular weight excluding hydrogens is 459 g/mol. The van der Waals surface area contributed by atoms with Crippen molar-refractivity contribution >= 4 is 34.5 Å². The van der Waals surface area contributed by atoms with Gasteiger partial charge in [0.1, 0.15) is 23.9 Å². The Hall–Kier alpha value is -4.31. The molecule has 34 heavy (non-hydrogen) atoms. The van der Waals surface area contributed by atoms with E-state index in [0.717, 1.165) is 11.3 Å². The molecule has 1 aromatic heterocycles. The van der Waals surface area contributed by atoms with Gasteiger partial charge in [-0.15, -0.1) is 10.2 Å². The third-order valence-electron chi connectivity index (χ3n) is 4.59. The van der Waals surface area contributed by atoms with Crippen molar-refractivity contribution < 1.29 is 23.5 Å². The average molecular weight is 479 g/mol. The summed E-state index contributed by atoms with van der Waals surface area (Å²) < 4.78 is 23.8. The van der Waals surface area contributed by atoms with Crippen molar-refractivity contribution in [2.75, 3.05) is 17.7 Å². The molecule has 0 aliphatic carbocycles. The topological polar surface area (TPSA) is 102 Å². The van der Waals surface area contributed by atoms with Crippen LogP contribution in [0.3, 0.4) is 0 Å². The number of carbonyl (C=O) groups is 2. The van der Waals surface area contributed by atoms with Gasteiger partial charge in [-0.25, -0.2) is 4.39 Å². The molecule has 0 aliphatic rings. The van der Waals surface area contributed by atoms with E-state index in [1.807, 2.05) is 0 Å². The van der Waals surface area contributed by atoms with Gasteiger partial charge in [0.25, 0.3) is 11.8 Å². The van der Waals surface area contributed by atoms with Gasteiger partial charge in [-0.1, -0.05) is 11.3 Å². The molecule has 0 spiro atoms. The largest absolute Gasteiger partial charge is 0.497 e. The van der Waals surface area contributed by atoms with Crippen molar-refractivity contribution in [1.29, 1.82) is 0 Å². The van der Waals surface area contributed by atoms with Crippen LogP contribution >= 0.6 is 11.3 Å². The number of halogens is 1. The first-order valence-corrected chi connectivity index (χ1v) is 10.9. The molecule has 0 bridgehead atoms. The van der Waals surface area contributed by atoms with Gasteiger partial charge in [-0.2, -0.15) is 0 Å². The first kappa shape index (κ1) is 22.9.